The van der Waals surface area contributed by atoms with Crippen LogP contribution in [-0.2, 0) is 4.79 Å². The van der Waals surface area contributed by atoms with Crippen LogP contribution in [0.15, 0.2) is 48.5 Å². The Labute approximate surface area is 161 Å². The molecule has 0 aliphatic carbocycles. The van der Waals surface area contributed by atoms with Crippen LogP contribution in [0.25, 0.3) is 0 Å². The Kier molecular flexibility index (Phi) is 6.97. The first-order chi connectivity index (χ1) is 13.2. The van der Waals surface area contributed by atoms with E-state index in [2.05, 4.69) is 27.7 Å². The lowest BCUT2D eigenvalue weighted by atomic mass is 10.1. The fourth-order valence-corrected chi connectivity index (χ4v) is 3.29. The van der Waals surface area contributed by atoms with Gasteiger partial charge in [-0.3, -0.25) is 4.79 Å². The monoisotopic (exact) mass is 367 g/mol. The maximum Gasteiger partial charge on any atom is 0.226 e. The number of carbonyl (C=O) groups excluding carboxylic acids is 1. The van der Waals surface area contributed by atoms with E-state index in [1.165, 1.54) is 24.9 Å². The molecule has 1 aliphatic heterocycles. The average Bonchev–Trinajstić information content (AvgIpc) is 2.71. The summed E-state index contributed by atoms with van der Waals surface area (Å²) in [6.45, 7) is 5.47. The molecule has 0 atom stereocenters. The van der Waals surface area contributed by atoms with Gasteiger partial charge in [-0.25, -0.2) is 0 Å². The zero-order valence-electron chi connectivity index (χ0n) is 16.0. The van der Waals surface area contributed by atoms with Crippen molar-refractivity contribution in [2.24, 2.45) is 0 Å². The van der Waals surface area contributed by atoms with Crippen molar-refractivity contribution in [1.82, 2.24) is 0 Å². The largest absolute Gasteiger partial charge is 0.494 e. The van der Waals surface area contributed by atoms with Crippen molar-refractivity contribution in [2.45, 2.75) is 32.6 Å². The molecular weight excluding hydrogens is 338 g/mol. The Balaban J connectivity index is 1.41. The SMILES string of the molecule is CCOc1ccc(NCCC(=O)Nc2ccc(N3CCCCC3)cc2)cc1. The van der Waals surface area contributed by atoms with Crippen molar-refractivity contribution in [3.05, 3.63) is 48.5 Å². The molecule has 0 aromatic heterocycles. The molecule has 2 aromatic carbocycles. The zero-order valence-corrected chi connectivity index (χ0v) is 16.0. The summed E-state index contributed by atoms with van der Waals surface area (Å²) in [6, 6.07) is 15.9. The molecule has 0 saturated carbocycles. The van der Waals surface area contributed by atoms with Gasteiger partial charge < -0.3 is 20.3 Å². The second-order valence-corrected chi connectivity index (χ2v) is 6.78. The smallest absolute Gasteiger partial charge is 0.226 e. The minimum absolute atomic E-state index is 0.0131. The van der Waals surface area contributed by atoms with Crippen LogP contribution in [0.1, 0.15) is 32.6 Å². The van der Waals surface area contributed by atoms with Crippen molar-refractivity contribution in [3.63, 3.8) is 0 Å². The summed E-state index contributed by atoms with van der Waals surface area (Å²) >= 11 is 0. The van der Waals surface area contributed by atoms with Crippen molar-refractivity contribution in [1.29, 1.82) is 0 Å². The molecule has 1 amide bonds. The maximum atomic E-state index is 12.1. The number of benzene rings is 2. The lowest BCUT2D eigenvalue weighted by Crippen LogP contribution is -2.29. The summed E-state index contributed by atoms with van der Waals surface area (Å²) in [7, 11) is 0. The van der Waals surface area contributed by atoms with E-state index in [-0.39, 0.29) is 5.91 Å². The molecule has 0 unspecified atom stereocenters. The van der Waals surface area contributed by atoms with Gasteiger partial charge in [0, 0.05) is 43.1 Å². The molecule has 144 valence electrons. The number of rotatable bonds is 8. The van der Waals surface area contributed by atoms with Gasteiger partial charge in [0.2, 0.25) is 5.91 Å². The van der Waals surface area contributed by atoms with Crippen LogP contribution in [0.2, 0.25) is 0 Å². The van der Waals surface area contributed by atoms with Gasteiger partial charge in [0.05, 0.1) is 6.61 Å². The predicted octanol–water partition coefficient (Wildman–Crippen LogP) is 4.52. The van der Waals surface area contributed by atoms with Gasteiger partial charge in [-0.05, 0) is 74.7 Å². The number of hydrogen-bond donors (Lipinski definition) is 2. The summed E-state index contributed by atoms with van der Waals surface area (Å²) in [5, 5.41) is 6.23. The summed E-state index contributed by atoms with van der Waals surface area (Å²) in [5.41, 5.74) is 3.07. The highest BCUT2D eigenvalue weighted by Crippen LogP contribution is 2.22. The molecule has 27 heavy (non-hydrogen) atoms. The van der Waals surface area contributed by atoms with E-state index in [1.54, 1.807) is 0 Å². The first-order valence-electron chi connectivity index (χ1n) is 9.86. The van der Waals surface area contributed by atoms with E-state index in [4.69, 9.17) is 4.74 Å². The molecule has 0 spiro atoms. The molecule has 2 aromatic rings. The number of nitrogens with one attached hydrogen (secondary N) is 2. The van der Waals surface area contributed by atoms with E-state index in [1.807, 2.05) is 43.3 Å². The summed E-state index contributed by atoms with van der Waals surface area (Å²) in [6.07, 6.45) is 4.27. The molecule has 1 heterocycles. The quantitative estimate of drug-likeness (QED) is 0.720. The van der Waals surface area contributed by atoms with Gasteiger partial charge in [0.25, 0.3) is 0 Å². The number of nitrogens with zero attached hydrogens (tertiary/aromatic N) is 1. The van der Waals surface area contributed by atoms with Crippen LogP contribution in [0.5, 0.6) is 5.75 Å². The minimum atomic E-state index is 0.0131. The topological polar surface area (TPSA) is 53.6 Å². The highest BCUT2D eigenvalue weighted by molar-refractivity contribution is 5.91. The van der Waals surface area contributed by atoms with E-state index in [0.717, 1.165) is 30.2 Å². The van der Waals surface area contributed by atoms with Crippen molar-refractivity contribution < 1.29 is 9.53 Å². The first kappa shape index (κ1) is 19.1. The van der Waals surface area contributed by atoms with Gasteiger partial charge in [-0.15, -0.1) is 0 Å². The Morgan fingerprint density at radius 2 is 1.63 bits per heavy atom. The van der Waals surface area contributed by atoms with Crippen molar-refractivity contribution in [3.8, 4) is 5.75 Å². The van der Waals surface area contributed by atoms with Crippen LogP contribution in [0.4, 0.5) is 17.1 Å². The molecule has 0 bridgehead atoms. The normalized spacial score (nSPS) is 13.9. The fraction of sp³-hybridized carbons (Fsp3) is 0.409. The maximum absolute atomic E-state index is 12.1. The number of hydrogen-bond acceptors (Lipinski definition) is 4. The lowest BCUT2D eigenvalue weighted by molar-refractivity contribution is -0.115. The highest BCUT2D eigenvalue weighted by Gasteiger charge is 2.10. The number of ether oxygens (including phenoxy) is 1. The van der Waals surface area contributed by atoms with Gasteiger partial charge in [-0.2, -0.15) is 0 Å². The molecular formula is C22H29N3O2. The van der Waals surface area contributed by atoms with Crippen molar-refractivity contribution >= 4 is 23.0 Å². The Hall–Kier alpha value is -2.69. The van der Waals surface area contributed by atoms with Crippen LogP contribution >= 0.6 is 0 Å². The zero-order chi connectivity index (χ0) is 18.9. The third-order valence-electron chi connectivity index (χ3n) is 4.72. The van der Waals surface area contributed by atoms with E-state index in [9.17, 15) is 4.79 Å². The van der Waals surface area contributed by atoms with E-state index < -0.39 is 0 Å². The van der Waals surface area contributed by atoms with Gasteiger partial charge in [-0.1, -0.05) is 0 Å². The lowest BCUT2D eigenvalue weighted by Gasteiger charge is -2.28. The van der Waals surface area contributed by atoms with Crippen LogP contribution < -0.4 is 20.3 Å². The van der Waals surface area contributed by atoms with Crippen LogP contribution in [-0.4, -0.2) is 32.1 Å². The fourth-order valence-electron chi connectivity index (χ4n) is 3.29. The summed E-state index contributed by atoms with van der Waals surface area (Å²) in [4.78, 5) is 14.6. The highest BCUT2D eigenvalue weighted by atomic mass is 16.5. The first-order valence-corrected chi connectivity index (χ1v) is 9.86. The Bertz CT molecular complexity index is 707. The Morgan fingerprint density at radius 1 is 0.963 bits per heavy atom. The number of amides is 1. The third kappa shape index (κ3) is 5.91. The molecule has 5 nitrogen and oxygen atoms in total. The average molecular weight is 367 g/mol. The second kappa shape index (κ2) is 9.86. The summed E-state index contributed by atoms with van der Waals surface area (Å²) in [5.74, 6) is 0.868. The molecule has 1 fully saturated rings. The third-order valence-corrected chi connectivity index (χ3v) is 4.72. The molecule has 1 aliphatic rings. The van der Waals surface area contributed by atoms with E-state index in [0.29, 0.717) is 19.6 Å². The van der Waals surface area contributed by atoms with Gasteiger partial charge >= 0.3 is 0 Å². The molecule has 5 heteroatoms. The van der Waals surface area contributed by atoms with Crippen LogP contribution in [0, 0.1) is 0 Å². The number of piperidine rings is 1. The molecule has 2 N–H and O–H groups in total. The number of carbonyl (C=O) groups is 1. The standard InChI is InChI=1S/C22H29N3O2/c1-2-27-21-12-8-18(9-13-21)23-15-14-22(26)24-19-6-10-20(11-7-19)25-16-4-3-5-17-25/h6-13,23H,2-5,14-17H2,1H3,(H,24,26). The van der Waals surface area contributed by atoms with E-state index >= 15 is 0 Å². The van der Waals surface area contributed by atoms with Gasteiger partial charge in [0.15, 0.2) is 0 Å². The summed E-state index contributed by atoms with van der Waals surface area (Å²) < 4.78 is 5.42. The van der Waals surface area contributed by atoms with Crippen LogP contribution in [0.3, 0.4) is 0 Å². The number of anilines is 3. The van der Waals surface area contributed by atoms with Crippen molar-refractivity contribution in [2.75, 3.05) is 41.8 Å². The minimum Gasteiger partial charge on any atom is -0.494 e. The molecule has 0 radical (unpaired) electrons. The molecule has 3 rings (SSSR count). The predicted molar refractivity (Wildman–Crippen MR) is 112 cm³/mol. The second-order valence-electron chi connectivity index (χ2n) is 6.78. The van der Waals surface area contributed by atoms with Gasteiger partial charge in [0.1, 0.15) is 5.75 Å². The Morgan fingerprint density at radius 3 is 2.30 bits per heavy atom. The molecule has 1 saturated heterocycles.